The van der Waals surface area contributed by atoms with Crippen LogP contribution in [-0.4, -0.2) is 193 Å². The van der Waals surface area contributed by atoms with Gasteiger partial charge < -0.3 is 89.9 Å². The largest absolute Gasteiger partial charge is 0.394 e. The molecule has 0 aromatic heterocycles. The molecule has 3 rings (SSSR count). The van der Waals surface area contributed by atoms with Crippen LogP contribution in [0.2, 0.25) is 0 Å². The summed E-state index contributed by atoms with van der Waals surface area (Å²) in [6.07, 6.45) is 75.9. The minimum atomic E-state index is -2.00. The van der Waals surface area contributed by atoms with E-state index in [1.807, 2.05) is 6.08 Å². The van der Waals surface area contributed by atoms with Gasteiger partial charge in [0.25, 0.3) is 0 Å². The van der Waals surface area contributed by atoms with Gasteiger partial charge in [-0.25, -0.2) is 0 Å². The first-order valence-electron chi connectivity index (χ1n) is 41.5. The van der Waals surface area contributed by atoms with E-state index < -0.39 is 131 Å². The average Bonchev–Trinajstić information content (AvgIpc) is 0.759. The minimum absolute atomic E-state index is 0.164. The molecular weight excluding hydrogens is 1380 g/mol. The lowest BCUT2D eigenvalue weighted by Crippen LogP contribution is -2.66. The van der Waals surface area contributed by atoms with Crippen molar-refractivity contribution in [1.29, 1.82) is 0 Å². The third-order valence-electron chi connectivity index (χ3n) is 19.2. The molecular formula is C90H145NO18. The Kier molecular flexibility index (Phi) is 60.7. The summed E-state index contributed by atoms with van der Waals surface area (Å²) in [4.78, 5) is 13.5. The first kappa shape index (κ1) is 98.1. The number of ether oxygens (including phenoxy) is 6. The predicted octanol–water partition coefficient (Wildman–Crippen LogP) is 14.7. The molecule has 3 saturated heterocycles. The number of carbonyl (C=O) groups excluding carboxylic acids is 1. The van der Waals surface area contributed by atoms with E-state index in [2.05, 4.69) is 189 Å². The summed E-state index contributed by atoms with van der Waals surface area (Å²) >= 11 is 0. The number of carbonyl (C=O) groups is 1. The molecule has 0 spiro atoms. The van der Waals surface area contributed by atoms with Gasteiger partial charge in [0, 0.05) is 6.42 Å². The topological polar surface area (TPSA) is 307 Å². The number of aliphatic hydroxyl groups is 11. The molecule has 0 aromatic carbocycles. The number of hydrogen-bond acceptors (Lipinski definition) is 18. The number of nitrogens with one attached hydrogen (secondary N) is 1. The zero-order chi connectivity index (χ0) is 78.8. The fraction of sp³-hybridized carbons (Fsp3) is 0.656. The molecule has 17 unspecified atom stereocenters. The van der Waals surface area contributed by atoms with E-state index in [1.165, 1.54) is 96.3 Å². The molecule has 1 amide bonds. The number of hydrogen-bond donors (Lipinski definition) is 12. The first-order valence-corrected chi connectivity index (χ1v) is 41.5. The van der Waals surface area contributed by atoms with Gasteiger partial charge in [0.15, 0.2) is 18.9 Å². The van der Waals surface area contributed by atoms with E-state index >= 15 is 0 Å². The molecule has 109 heavy (non-hydrogen) atoms. The molecule has 3 fully saturated rings. The van der Waals surface area contributed by atoms with Crippen molar-refractivity contribution >= 4 is 5.91 Å². The van der Waals surface area contributed by atoms with E-state index in [0.717, 1.165) is 116 Å². The molecule has 19 heteroatoms. The minimum Gasteiger partial charge on any atom is -0.394 e. The molecule has 17 atom stereocenters. The van der Waals surface area contributed by atoms with Gasteiger partial charge in [0.1, 0.15) is 73.2 Å². The van der Waals surface area contributed by atoms with Gasteiger partial charge in [-0.15, -0.1) is 0 Å². The zero-order valence-corrected chi connectivity index (χ0v) is 66.2. The summed E-state index contributed by atoms with van der Waals surface area (Å²) in [7, 11) is 0. The van der Waals surface area contributed by atoms with Crippen LogP contribution in [-0.2, 0) is 33.2 Å². The Hall–Kier alpha value is -5.11. The monoisotopic (exact) mass is 1530 g/mol. The van der Waals surface area contributed by atoms with E-state index in [1.54, 1.807) is 6.08 Å². The van der Waals surface area contributed by atoms with E-state index in [9.17, 15) is 61.0 Å². The maximum Gasteiger partial charge on any atom is 0.220 e. The van der Waals surface area contributed by atoms with Crippen molar-refractivity contribution in [2.45, 2.75) is 349 Å². The summed E-state index contributed by atoms with van der Waals surface area (Å²) in [5.41, 5.74) is 0. The van der Waals surface area contributed by atoms with E-state index in [4.69, 9.17) is 28.4 Å². The second-order valence-electron chi connectivity index (χ2n) is 28.5. The number of aliphatic hydroxyl groups excluding tert-OH is 11. The second kappa shape index (κ2) is 67.4. The van der Waals surface area contributed by atoms with Crippen LogP contribution in [0.4, 0.5) is 0 Å². The van der Waals surface area contributed by atoms with Gasteiger partial charge in [0.2, 0.25) is 5.91 Å². The molecule has 0 bridgehead atoms. The van der Waals surface area contributed by atoms with Gasteiger partial charge in [-0.2, -0.15) is 0 Å². The summed E-state index contributed by atoms with van der Waals surface area (Å²) in [5.74, 6) is -0.338. The van der Waals surface area contributed by atoms with E-state index in [-0.39, 0.29) is 12.3 Å². The molecule has 19 nitrogen and oxygen atoms in total. The molecule has 0 aliphatic carbocycles. The molecule has 618 valence electrons. The number of unbranched alkanes of at least 4 members (excludes halogenated alkanes) is 19. The highest BCUT2D eigenvalue weighted by molar-refractivity contribution is 5.76. The van der Waals surface area contributed by atoms with Crippen LogP contribution in [0.25, 0.3) is 0 Å². The Morgan fingerprint density at radius 3 is 1.03 bits per heavy atom. The van der Waals surface area contributed by atoms with Gasteiger partial charge in [-0.05, 0) is 135 Å². The maximum atomic E-state index is 13.5. The van der Waals surface area contributed by atoms with Crippen LogP contribution in [0.5, 0.6) is 0 Å². The summed E-state index contributed by atoms with van der Waals surface area (Å²) in [6, 6.07) is -1.04. The lowest BCUT2D eigenvalue weighted by Gasteiger charge is -2.48. The van der Waals surface area contributed by atoms with Crippen LogP contribution < -0.4 is 5.32 Å². The number of allylic oxidation sites excluding steroid dienone is 29. The summed E-state index contributed by atoms with van der Waals surface area (Å²) in [6.45, 7) is 1.56. The molecule has 3 aliphatic rings. The van der Waals surface area contributed by atoms with Crippen LogP contribution in [0, 0.1) is 0 Å². The highest BCUT2D eigenvalue weighted by Crippen LogP contribution is 2.33. The van der Waals surface area contributed by atoms with Crippen LogP contribution in [0.15, 0.2) is 182 Å². The van der Waals surface area contributed by atoms with Gasteiger partial charge >= 0.3 is 0 Å². The van der Waals surface area contributed by atoms with Crippen molar-refractivity contribution in [3.8, 4) is 0 Å². The SMILES string of the molecule is CC/C=C\C/C=C\C/C=C\C/C=C\C/C=C\C/C=C\C/C=C\C/C=C\C/C=C\C/C=C\C/C=C\C/C=C\CCCCC(=O)NC(COC1OC(CO)C(OC2OC(CO)C(OC3OC(CO)C(O)C(O)C3O)C(O)C2O)C(O)C1O)C(O)/C=C/CC/C=C/CC/C=C/CCCCCCCCCCCCCCCCC. The van der Waals surface area contributed by atoms with Crippen LogP contribution in [0.3, 0.4) is 0 Å². The number of amides is 1. The van der Waals surface area contributed by atoms with Crippen molar-refractivity contribution in [3.63, 3.8) is 0 Å². The molecule has 3 aliphatic heterocycles. The smallest absolute Gasteiger partial charge is 0.220 e. The van der Waals surface area contributed by atoms with Crippen LogP contribution >= 0.6 is 0 Å². The Labute approximate surface area is 655 Å². The Bertz CT molecular complexity index is 2690. The van der Waals surface area contributed by atoms with Gasteiger partial charge in [-0.1, -0.05) is 286 Å². The molecule has 12 N–H and O–H groups in total. The second-order valence-corrected chi connectivity index (χ2v) is 28.5. The van der Waals surface area contributed by atoms with Crippen molar-refractivity contribution in [2.24, 2.45) is 0 Å². The fourth-order valence-corrected chi connectivity index (χ4v) is 12.6. The summed E-state index contributed by atoms with van der Waals surface area (Å²) < 4.78 is 34.4. The molecule has 0 radical (unpaired) electrons. The maximum absolute atomic E-state index is 13.5. The highest BCUT2D eigenvalue weighted by atomic mass is 16.8. The van der Waals surface area contributed by atoms with Gasteiger partial charge in [0.05, 0.1) is 38.6 Å². The Morgan fingerprint density at radius 1 is 0.339 bits per heavy atom. The highest BCUT2D eigenvalue weighted by Gasteiger charge is 2.54. The van der Waals surface area contributed by atoms with E-state index in [0.29, 0.717) is 12.8 Å². The molecule has 0 saturated carbocycles. The Morgan fingerprint density at radius 2 is 0.642 bits per heavy atom. The fourth-order valence-electron chi connectivity index (χ4n) is 12.6. The number of rotatable bonds is 63. The van der Waals surface area contributed by atoms with Crippen molar-refractivity contribution in [2.75, 3.05) is 26.4 Å². The lowest BCUT2D eigenvalue weighted by molar-refractivity contribution is -0.379. The quantitative estimate of drug-likeness (QED) is 0.0199. The standard InChI is InChI=1S/C90H145NO18/c1-3-5-7-9-11-13-15-17-19-21-23-25-27-29-30-31-32-33-34-35-36-37-38-39-40-41-42-44-46-48-50-52-54-56-58-60-62-64-66-68-78(96)91-73(74(95)67-65-63-61-59-57-55-53-51-49-47-45-43-28-26-24-22-20-18-16-14-12-10-8-6-4-2)72-104-88-84(102)81(99)86(76(70-93)106-88)109-90-85(103)82(100)87(77(71-94)107-90)108-89-83(101)80(98)79(97)75(69-92)105-89/h5,7,11,13,17,19,23,25,29-30,32-33,35-36,38-39,41-42,46,48-49,51-52,54,57-60,65,67,73-77,79-90,92-95,97-103H,3-4,6,8-10,12,14-16,18,20-22,24,26-28,31,34,37,40,43-45,47,50,53,55-56,61-64,66,68-72H2,1-2H3,(H,91,96)/b7-5-,13-11-,19-17-,25-23-,30-29-,33-32-,36-35-,39-38-,42-41-,48-46-,51-49+,54-52-,59-57+,60-58-,67-65+. The van der Waals surface area contributed by atoms with Crippen molar-refractivity contribution in [1.82, 2.24) is 5.32 Å². The van der Waals surface area contributed by atoms with Gasteiger partial charge in [-0.3, -0.25) is 4.79 Å². The molecule has 0 aromatic rings. The predicted molar refractivity (Wildman–Crippen MR) is 438 cm³/mol. The third-order valence-corrected chi connectivity index (χ3v) is 19.2. The Balaban J connectivity index is 1.40. The third kappa shape index (κ3) is 46.6. The van der Waals surface area contributed by atoms with Crippen LogP contribution in [0.1, 0.15) is 245 Å². The average molecular weight is 1530 g/mol. The van der Waals surface area contributed by atoms with Crippen molar-refractivity contribution in [3.05, 3.63) is 182 Å². The molecule has 3 heterocycles. The van der Waals surface area contributed by atoms with Crippen molar-refractivity contribution < 1.29 is 89.4 Å². The normalized spacial score (nSPS) is 26.3. The first-order chi connectivity index (χ1) is 53.3. The lowest BCUT2D eigenvalue weighted by atomic mass is 9.96. The zero-order valence-electron chi connectivity index (χ0n) is 66.2. The summed E-state index contributed by atoms with van der Waals surface area (Å²) in [5, 5.41) is 121.